The van der Waals surface area contributed by atoms with Gasteiger partial charge in [-0.1, -0.05) is 36.2 Å². The lowest BCUT2D eigenvalue weighted by molar-refractivity contribution is 0.515. The number of hydrogen-bond acceptors (Lipinski definition) is 3. The Labute approximate surface area is 135 Å². The number of rotatable bonds is 6. The summed E-state index contributed by atoms with van der Waals surface area (Å²) in [4.78, 5) is 8.81. The van der Waals surface area contributed by atoms with E-state index in [1.807, 2.05) is 25.3 Å². The van der Waals surface area contributed by atoms with E-state index in [0.717, 1.165) is 36.3 Å². The molecular formula is C16H19Cl2N3. The first-order chi connectivity index (χ1) is 10.1. The van der Waals surface area contributed by atoms with Crippen LogP contribution < -0.4 is 5.32 Å². The third kappa shape index (κ3) is 4.67. The second-order valence-corrected chi connectivity index (χ2v) is 5.87. The van der Waals surface area contributed by atoms with Crippen LogP contribution in [0.25, 0.3) is 0 Å². The molecule has 0 aliphatic heterocycles. The lowest BCUT2D eigenvalue weighted by Crippen LogP contribution is -2.25. The van der Waals surface area contributed by atoms with Crippen LogP contribution in [0.3, 0.4) is 0 Å². The van der Waals surface area contributed by atoms with Crippen LogP contribution in [-0.4, -0.2) is 16.5 Å². The molecule has 0 aliphatic rings. The zero-order valence-electron chi connectivity index (χ0n) is 12.2. The van der Waals surface area contributed by atoms with Gasteiger partial charge in [0.05, 0.1) is 23.6 Å². The maximum Gasteiger partial charge on any atom is 0.0759 e. The predicted molar refractivity (Wildman–Crippen MR) is 88.0 cm³/mol. The zero-order valence-corrected chi connectivity index (χ0v) is 13.7. The molecule has 0 fully saturated rings. The number of hydrogen-bond donors (Lipinski definition) is 1. The molecule has 0 aliphatic carbocycles. The maximum atomic E-state index is 6.27. The zero-order chi connectivity index (χ0) is 15.2. The molecule has 5 heteroatoms. The summed E-state index contributed by atoms with van der Waals surface area (Å²) in [5.74, 6) is 0. The molecule has 1 aromatic carbocycles. The first kappa shape index (κ1) is 16.2. The highest BCUT2D eigenvalue weighted by molar-refractivity contribution is 6.35. The first-order valence-corrected chi connectivity index (χ1v) is 7.81. The molecule has 1 atom stereocenters. The summed E-state index contributed by atoms with van der Waals surface area (Å²) in [6.45, 7) is 4.99. The smallest absolute Gasteiger partial charge is 0.0759 e. The normalized spacial score (nSPS) is 12.4. The number of halogens is 2. The average Bonchev–Trinajstić information content (AvgIpc) is 2.46. The van der Waals surface area contributed by atoms with Gasteiger partial charge in [0.25, 0.3) is 0 Å². The lowest BCUT2D eigenvalue weighted by atomic mass is 10.0. The van der Waals surface area contributed by atoms with Crippen molar-refractivity contribution < 1.29 is 0 Å². The van der Waals surface area contributed by atoms with Crippen molar-refractivity contribution in [1.82, 2.24) is 15.3 Å². The van der Waals surface area contributed by atoms with Crippen LogP contribution >= 0.6 is 23.2 Å². The van der Waals surface area contributed by atoms with E-state index in [4.69, 9.17) is 23.2 Å². The van der Waals surface area contributed by atoms with E-state index in [0.29, 0.717) is 10.0 Å². The number of nitrogens with zero attached hydrogens (tertiary/aromatic N) is 2. The molecule has 1 heterocycles. The van der Waals surface area contributed by atoms with Crippen LogP contribution in [0.4, 0.5) is 0 Å². The fourth-order valence-corrected chi connectivity index (χ4v) is 2.58. The minimum atomic E-state index is 0.0942. The van der Waals surface area contributed by atoms with Gasteiger partial charge in [0.1, 0.15) is 0 Å². The van der Waals surface area contributed by atoms with E-state index in [9.17, 15) is 0 Å². The molecule has 1 unspecified atom stereocenters. The summed E-state index contributed by atoms with van der Waals surface area (Å²) in [6, 6.07) is 5.69. The van der Waals surface area contributed by atoms with Gasteiger partial charge in [-0.15, -0.1) is 0 Å². The summed E-state index contributed by atoms with van der Waals surface area (Å²) >= 11 is 12.2. The molecule has 21 heavy (non-hydrogen) atoms. The molecule has 0 amide bonds. The quantitative estimate of drug-likeness (QED) is 0.857. The van der Waals surface area contributed by atoms with Crippen molar-refractivity contribution in [2.24, 2.45) is 0 Å². The molecule has 0 saturated heterocycles. The van der Waals surface area contributed by atoms with Crippen molar-refractivity contribution in [2.45, 2.75) is 32.7 Å². The van der Waals surface area contributed by atoms with Gasteiger partial charge in [-0.2, -0.15) is 0 Å². The fraction of sp³-hybridized carbons (Fsp3) is 0.375. The van der Waals surface area contributed by atoms with Gasteiger partial charge < -0.3 is 5.32 Å². The number of nitrogens with one attached hydrogen (secondary N) is 1. The second-order valence-electron chi connectivity index (χ2n) is 5.03. The van der Waals surface area contributed by atoms with Crippen molar-refractivity contribution in [3.8, 4) is 0 Å². The van der Waals surface area contributed by atoms with E-state index in [-0.39, 0.29) is 6.04 Å². The molecule has 2 rings (SSSR count). The van der Waals surface area contributed by atoms with Gasteiger partial charge in [0.15, 0.2) is 0 Å². The molecule has 1 aromatic heterocycles. The third-order valence-corrected chi connectivity index (χ3v) is 3.82. The Hall–Kier alpha value is -1.16. The van der Waals surface area contributed by atoms with E-state index in [1.165, 1.54) is 0 Å². The largest absolute Gasteiger partial charge is 0.308 e. The van der Waals surface area contributed by atoms with Gasteiger partial charge in [0, 0.05) is 16.2 Å². The van der Waals surface area contributed by atoms with Crippen LogP contribution in [0.5, 0.6) is 0 Å². The molecule has 0 saturated carbocycles. The van der Waals surface area contributed by atoms with Gasteiger partial charge in [-0.3, -0.25) is 9.97 Å². The summed E-state index contributed by atoms with van der Waals surface area (Å²) in [5.41, 5.74) is 2.90. The summed E-state index contributed by atoms with van der Waals surface area (Å²) in [6.07, 6.45) is 5.43. The molecular weight excluding hydrogens is 305 g/mol. The number of benzene rings is 1. The van der Waals surface area contributed by atoms with Crippen molar-refractivity contribution >= 4 is 23.2 Å². The molecule has 3 nitrogen and oxygen atoms in total. The summed E-state index contributed by atoms with van der Waals surface area (Å²) in [7, 11) is 0. The Bertz CT molecular complexity index is 585. The SMILES string of the molecule is CCCNC(Cc1ccc(Cl)cc1Cl)c1cnc(C)cn1. The van der Waals surface area contributed by atoms with Crippen molar-refractivity contribution in [1.29, 1.82) is 0 Å². The van der Waals surface area contributed by atoms with Crippen LogP contribution in [0.1, 0.15) is 36.3 Å². The van der Waals surface area contributed by atoms with E-state index >= 15 is 0 Å². The average molecular weight is 324 g/mol. The lowest BCUT2D eigenvalue weighted by Gasteiger charge is -2.18. The molecule has 2 aromatic rings. The Morgan fingerprint density at radius 1 is 1.19 bits per heavy atom. The second kappa shape index (κ2) is 7.74. The molecule has 1 N–H and O–H groups in total. The Morgan fingerprint density at radius 2 is 2.00 bits per heavy atom. The van der Waals surface area contributed by atoms with Crippen LogP contribution in [0, 0.1) is 6.92 Å². The fourth-order valence-electron chi connectivity index (χ4n) is 2.09. The van der Waals surface area contributed by atoms with Crippen molar-refractivity contribution in [3.63, 3.8) is 0 Å². The number of aryl methyl sites for hydroxylation is 1. The first-order valence-electron chi connectivity index (χ1n) is 7.06. The van der Waals surface area contributed by atoms with E-state index < -0.39 is 0 Å². The van der Waals surface area contributed by atoms with Crippen LogP contribution in [0.15, 0.2) is 30.6 Å². The minimum absolute atomic E-state index is 0.0942. The predicted octanol–water partition coefficient (Wildman–Crippen LogP) is 4.38. The topological polar surface area (TPSA) is 37.8 Å². The highest BCUT2D eigenvalue weighted by Crippen LogP contribution is 2.25. The Balaban J connectivity index is 2.21. The Kier molecular flexibility index (Phi) is 5.97. The minimum Gasteiger partial charge on any atom is -0.308 e. The molecule has 0 bridgehead atoms. The van der Waals surface area contributed by atoms with Crippen LogP contribution in [-0.2, 0) is 6.42 Å². The molecule has 0 radical (unpaired) electrons. The van der Waals surface area contributed by atoms with Crippen LogP contribution in [0.2, 0.25) is 10.0 Å². The van der Waals surface area contributed by atoms with Crippen molar-refractivity contribution in [2.75, 3.05) is 6.54 Å². The molecule has 0 spiro atoms. The highest BCUT2D eigenvalue weighted by Gasteiger charge is 2.15. The maximum absolute atomic E-state index is 6.27. The van der Waals surface area contributed by atoms with Gasteiger partial charge in [0.2, 0.25) is 0 Å². The third-order valence-electron chi connectivity index (χ3n) is 3.24. The monoisotopic (exact) mass is 323 g/mol. The van der Waals surface area contributed by atoms with Crippen molar-refractivity contribution in [3.05, 3.63) is 57.6 Å². The Morgan fingerprint density at radius 3 is 2.62 bits per heavy atom. The van der Waals surface area contributed by atoms with Gasteiger partial charge in [-0.05, 0) is 44.0 Å². The molecule has 112 valence electrons. The standard InChI is InChI=1S/C16H19Cl2N3/c1-3-6-19-15(16-10-20-11(2)9-21-16)7-12-4-5-13(17)8-14(12)18/h4-5,8-10,15,19H,3,6-7H2,1-2H3. The number of aromatic nitrogens is 2. The van der Waals surface area contributed by atoms with Gasteiger partial charge in [-0.25, -0.2) is 0 Å². The van der Waals surface area contributed by atoms with E-state index in [1.54, 1.807) is 12.3 Å². The summed E-state index contributed by atoms with van der Waals surface area (Å²) < 4.78 is 0. The highest BCUT2D eigenvalue weighted by atomic mass is 35.5. The summed E-state index contributed by atoms with van der Waals surface area (Å²) in [5, 5.41) is 4.84. The van der Waals surface area contributed by atoms with Gasteiger partial charge >= 0.3 is 0 Å². The van der Waals surface area contributed by atoms with E-state index in [2.05, 4.69) is 22.2 Å².